The zero-order chi connectivity index (χ0) is 20.5. The van der Waals surface area contributed by atoms with E-state index in [1.807, 2.05) is 0 Å². The lowest BCUT2D eigenvalue weighted by Gasteiger charge is -2.18. The maximum absolute atomic E-state index is 12.4. The fraction of sp³-hybridized carbons (Fsp3) is 0.211. The molecule has 3 rings (SSSR count). The molecule has 9 heteroatoms. The largest absolute Gasteiger partial charge is 0.455 e. The summed E-state index contributed by atoms with van der Waals surface area (Å²) < 4.78 is 5.32. The fourth-order valence-electron chi connectivity index (χ4n) is 2.60. The minimum Gasteiger partial charge on any atom is -0.455 e. The van der Waals surface area contributed by atoms with E-state index in [-0.39, 0.29) is 16.9 Å². The van der Waals surface area contributed by atoms with Gasteiger partial charge in [0.1, 0.15) is 11.2 Å². The number of para-hydroxylation sites is 1. The predicted octanol–water partition coefficient (Wildman–Crippen LogP) is 3.68. The van der Waals surface area contributed by atoms with Crippen molar-refractivity contribution in [1.29, 1.82) is 0 Å². The number of nitrogens with zero attached hydrogens (tertiary/aromatic N) is 2. The topological polar surface area (TPSA) is 127 Å². The molecule has 1 heterocycles. The van der Waals surface area contributed by atoms with Gasteiger partial charge in [-0.25, -0.2) is 4.79 Å². The standard InChI is InChI=1S/C19H18N4O5/c1-19(2,3)28-18(25)16-12-9-8-11(10-14(12)21-22-16)20-17(24)13-6-4-5-7-15(13)23(26)27/h4-10H,1-3H3,(H,20,24)(H,21,22). The van der Waals surface area contributed by atoms with Crippen LogP contribution in [0.1, 0.15) is 41.6 Å². The number of aromatic nitrogens is 2. The molecule has 28 heavy (non-hydrogen) atoms. The quantitative estimate of drug-likeness (QED) is 0.402. The van der Waals surface area contributed by atoms with Crippen molar-refractivity contribution in [3.8, 4) is 0 Å². The van der Waals surface area contributed by atoms with E-state index in [0.717, 1.165) is 0 Å². The summed E-state index contributed by atoms with van der Waals surface area (Å²) in [7, 11) is 0. The lowest BCUT2D eigenvalue weighted by atomic mass is 10.1. The number of hydrogen-bond donors (Lipinski definition) is 2. The summed E-state index contributed by atoms with van der Waals surface area (Å²) in [5.74, 6) is -1.17. The van der Waals surface area contributed by atoms with E-state index in [2.05, 4.69) is 15.5 Å². The molecule has 144 valence electrons. The van der Waals surface area contributed by atoms with Crippen LogP contribution >= 0.6 is 0 Å². The second-order valence-electron chi connectivity index (χ2n) is 7.06. The van der Waals surface area contributed by atoms with Gasteiger partial charge >= 0.3 is 5.97 Å². The predicted molar refractivity (Wildman–Crippen MR) is 102 cm³/mol. The second kappa shape index (κ2) is 7.10. The van der Waals surface area contributed by atoms with E-state index in [1.54, 1.807) is 45.0 Å². The van der Waals surface area contributed by atoms with Crippen LogP contribution in [0.3, 0.4) is 0 Å². The molecule has 0 bridgehead atoms. The Morgan fingerprint density at radius 1 is 1.18 bits per heavy atom. The third-order valence-electron chi connectivity index (χ3n) is 3.76. The third-order valence-corrected chi connectivity index (χ3v) is 3.76. The van der Waals surface area contributed by atoms with Crippen LogP contribution in [0.25, 0.3) is 10.9 Å². The van der Waals surface area contributed by atoms with Crippen molar-refractivity contribution in [3.05, 3.63) is 63.8 Å². The van der Waals surface area contributed by atoms with Crippen LogP contribution in [0, 0.1) is 10.1 Å². The van der Waals surface area contributed by atoms with Gasteiger partial charge in [-0.15, -0.1) is 0 Å². The smallest absolute Gasteiger partial charge is 0.360 e. The number of nitro groups is 1. The number of hydrogen-bond acceptors (Lipinski definition) is 6. The van der Waals surface area contributed by atoms with Crippen LogP contribution < -0.4 is 5.32 Å². The number of carbonyl (C=O) groups excluding carboxylic acids is 2. The van der Waals surface area contributed by atoms with Crippen molar-refractivity contribution in [2.45, 2.75) is 26.4 Å². The third kappa shape index (κ3) is 3.98. The number of nitro benzene ring substituents is 1. The minimum absolute atomic E-state index is 0.0494. The van der Waals surface area contributed by atoms with E-state index < -0.39 is 22.4 Å². The molecule has 3 aromatic rings. The lowest BCUT2D eigenvalue weighted by Crippen LogP contribution is -2.24. The summed E-state index contributed by atoms with van der Waals surface area (Å²) >= 11 is 0. The number of rotatable bonds is 4. The van der Waals surface area contributed by atoms with Crippen molar-refractivity contribution in [3.63, 3.8) is 0 Å². The van der Waals surface area contributed by atoms with E-state index >= 15 is 0 Å². The van der Waals surface area contributed by atoms with Gasteiger partial charge in [0, 0.05) is 17.1 Å². The van der Waals surface area contributed by atoms with Crippen molar-refractivity contribution >= 4 is 34.2 Å². The van der Waals surface area contributed by atoms with Crippen molar-refractivity contribution in [1.82, 2.24) is 10.2 Å². The zero-order valence-corrected chi connectivity index (χ0v) is 15.5. The molecule has 0 aliphatic rings. The first-order chi connectivity index (χ1) is 13.2. The zero-order valence-electron chi connectivity index (χ0n) is 15.5. The van der Waals surface area contributed by atoms with Gasteiger partial charge in [0.05, 0.1) is 10.4 Å². The maximum Gasteiger partial charge on any atom is 0.360 e. The highest BCUT2D eigenvalue weighted by Gasteiger charge is 2.23. The number of ether oxygens (including phenoxy) is 1. The summed E-state index contributed by atoms with van der Waals surface area (Å²) in [6.07, 6.45) is 0. The number of amides is 1. The van der Waals surface area contributed by atoms with E-state index in [1.165, 1.54) is 18.2 Å². The van der Waals surface area contributed by atoms with Crippen LogP contribution in [0.2, 0.25) is 0 Å². The van der Waals surface area contributed by atoms with Crippen LogP contribution in [-0.4, -0.2) is 32.6 Å². The van der Waals surface area contributed by atoms with Crippen molar-refractivity contribution in [2.24, 2.45) is 0 Å². The molecule has 1 aromatic heterocycles. The SMILES string of the molecule is CC(C)(C)OC(=O)c1n[nH]c2cc(NC(=O)c3ccccc3[N+](=O)[O-])ccc12. The first-order valence-electron chi connectivity index (χ1n) is 8.42. The van der Waals surface area contributed by atoms with Gasteiger partial charge in [0.15, 0.2) is 5.69 Å². The van der Waals surface area contributed by atoms with Crippen LogP contribution in [0.15, 0.2) is 42.5 Å². The van der Waals surface area contributed by atoms with Gasteiger partial charge in [0.2, 0.25) is 0 Å². The van der Waals surface area contributed by atoms with E-state index in [0.29, 0.717) is 16.6 Å². The average molecular weight is 382 g/mol. The van der Waals surface area contributed by atoms with Crippen LogP contribution in [0.4, 0.5) is 11.4 Å². The molecule has 0 saturated carbocycles. The van der Waals surface area contributed by atoms with E-state index in [9.17, 15) is 19.7 Å². The molecular weight excluding hydrogens is 364 g/mol. The summed E-state index contributed by atoms with van der Waals surface area (Å²) in [5.41, 5.74) is 0.0694. The summed E-state index contributed by atoms with van der Waals surface area (Å²) in [4.78, 5) is 35.2. The number of fused-ring (bicyclic) bond motifs is 1. The molecule has 9 nitrogen and oxygen atoms in total. The number of benzene rings is 2. The lowest BCUT2D eigenvalue weighted by molar-refractivity contribution is -0.385. The molecule has 0 radical (unpaired) electrons. The van der Waals surface area contributed by atoms with Gasteiger partial charge in [-0.2, -0.15) is 5.10 Å². The average Bonchev–Trinajstić information content (AvgIpc) is 3.03. The first-order valence-corrected chi connectivity index (χ1v) is 8.42. The highest BCUT2D eigenvalue weighted by Crippen LogP contribution is 2.24. The molecule has 0 unspecified atom stereocenters. The molecule has 0 fully saturated rings. The van der Waals surface area contributed by atoms with Gasteiger partial charge in [-0.1, -0.05) is 12.1 Å². The Kier molecular flexibility index (Phi) is 4.83. The Balaban J connectivity index is 1.85. The minimum atomic E-state index is -0.652. The van der Waals surface area contributed by atoms with Gasteiger partial charge in [0.25, 0.3) is 11.6 Å². The molecule has 0 aliphatic heterocycles. The number of carbonyl (C=O) groups is 2. The molecule has 2 N–H and O–H groups in total. The van der Waals surface area contributed by atoms with Gasteiger partial charge in [-0.3, -0.25) is 20.0 Å². The van der Waals surface area contributed by atoms with Crippen molar-refractivity contribution in [2.75, 3.05) is 5.32 Å². The molecular formula is C19H18N4O5. The molecule has 0 spiro atoms. The molecule has 0 atom stereocenters. The normalized spacial score (nSPS) is 11.2. The Morgan fingerprint density at radius 2 is 1.89 bits per heavy atom. The van der Waals surface area contributed by atoms with Crippen LogP contribution in [-0.2, 0) is 4.74 Å². The van der Waals surface area contributed by atoms with Gasteiger partial charge < -0.3 is 10.1 Å². The first kappa shape index (κ1) is 19.0. The number of esters is 1. The molecule has 0 aliphatic carbocycles. The Morgan fingerprint density at radius 3 is 2.57 bits per heavy atom. The highest BCUT2D eigenvalue weighted by atomic mass is 16.6. The number of aromatic amines is 1. The highest BCUT2D eigenvalue weighted by molar-refractivity contribution is 6.08. The summed E-state index contributed by atoms with van der Waals surface area (Å²) in [6.45, 7) is 5.28. The molecule has 1 amide bonds. The number of nitrogens with one attached hydrogen (secondary N) is 2. The fourth-order valence-corrected chi connectivity index (χ4v) is 2.60. The van der Waals surface area contributed by atoms with Gasteiger partial charge in [-0.05, 0) is 45.0 Å². The maximum atomic E-state index is 12.4. The van der Waals surface area contributed by atoms with Crippen molar-refractivity contribution < 1.29 is 19.2 Å². The Labute approximate surface area is 159 Å². The molecule has 2 aromatic carbocycles. The monoisotopic (exact) mass is 382 g/mol. The number of H-pyrrole nitrogens is 1. The second-order valence-corrected chi connectivity index (χ2v) is 7.06. The summed E-state index contributed by atoms with van der Waals surface area (Å²) in [5, 5.41) is 21.0. The number of anilines is 1. The molecule has 0 saturated heterocycles. The van der Waals surface area contributed by atoms with E-state index in [4.69, 9.17) is 4.74 Å². The Hall–Kier alpha value is -3.75. The Bertz CT molecular complexity index is 1080. The summed E-state index contributed by atoms with van der Waals surface area (Å²) in [6, 6.07) is 10.5. The van der Waals surface area contributed by atoms with Crippen LogP contribution in [0.5, 0.6) is 0 Å².